The first-order valence-electron chi connectivity index (χ1n) is 12.7. The maximum absolute atomic E-state index is 13.4. The van der Waals surface area contributed by atoms with Crippen LogP contribution in [0.4, 0.5) is 0 Å². The van der Waals surface area contributed by atoms with E-state index in [9.17, 15) is 9.59 Å². The second kappa shape index (κ2) is 13.9. The van der Waals surface area contributed by atoms with Crippen molar-refractivity contribution in [3.05, 3.63) is 105 Å². The number of nitrogens with zero attached hydrogens (tertiary/aromatic N) is 3. The average molecular weight is 587 g/mol. The predicted octanol–water partition coefficient (Wildman–Crippen LogP) is 6.27. The third-order valence-corrected chi connectivity index (χ3v) is 7.61. The molecule has 0 spiro atoms. The van der Waals surface area contributed by atoms with Crippen molar-refractivity contribution in [2.75, 3.05) is 52.9 Å². The van der Waals surface area contributed by atoms with Gasteiger partial charge in [-0.3, -0.25) is 14.5 Å². The van der Waals surface area contributed by atoms with E-state index in [1.165, 1.54) is 0 Å². The van der Waals surface area contributed by atoms with Crippen molar-refractivity contribution in [3.63, 3.8) is 0 Å². The smallest absolute Gasteiger partial charge is 0.254 e. The van der Waals surface area contributed by atoms with Crippen molar-refractivity contribution in [2.45, 2.75) is 0 Å². The molecule has 0 unspecified atom stereocenters. The fraction of sp³-hybridized carbons (Fsp3) is 0.267. The minimum Gasteiger partial charge on any atom is -0.496 e. The summed E-state index contributed by atoms with van der Waals surface area (Å²) in [6.07, 6.45) is 3.93. The molecule has 0 aromatic heterocycles. The second-order valence-electron chi connectivity index (χ2n) is 9.17. The van der Waals surface area contributed by atoms with Gasteiger partial charge < -0.3 is 14.5 Å². The van der Waals surface area contributed by atoms with Crippen molar-refractivity contribution in [1.29, 1.82) is 0 Å². The summed E-state index contributed by atoms with van der Waals surface area (Å²) in [4.78, 5) is 32.2. The molecule has 1 saturated heterocycles. The van der Waals surface area contributed by atoms with E-state index in [0.717, 1.165) is 11.3 Å². The minimum absolute atomic E-state index is 0.0625. The van der Waals surface area contributed by atoms with Crippen molar-refractivity contribution >= 4 is 52.7 Å². The lowest BCUT2D eigenvalue weighted by molar-refractivity contribution is 0.0609. The van der Waals surface area contributed by atoms with Gasteiger partial charge in [0.1, 0.15) is 5.75 Å². The van der Waals surface area contributed by atoms with Gasteiger partial charge in [-0.15, -0.1) is 0 Å². The Morgan fingerprint density at radius 3 is 2.38 bits per heavy atom. The number of ether oxygens (including phenoxy) is 1. The number of carbonyl (C=O) groups is 2. The van der Waals surface area contributed by atoms with Gasteiger partial charge in [0.2, 0.25) is 0 Å². The van der Waals surface area contributed by atoms with Gasteiger partial charge in [0.25, 0.3) is 11.8 Å². The molecule has 0 aliphatic carbocycles. The molecule has 3 aromatic carbocycles. The van der Waals surface area contributed by atoms with Gasteiger partial charge in [0.05, 0.1) is 17.2 Å². The molecule has 0 N–H and O–H groups in total. The summed E-state index contributed by atoms with van der Waals surface area (Å²) in [6, 6.07) is 19.7. The Balaban J connectivity index is 1.38. The molecule has 39 heavy (non-hydrogen) atoms. The molecule has 3 aromatic rings. The zero-order chi connectivity index (χ0) is 27.8. The van der Waals surface area contributed by atoms with Crippen LogP contribution in [0.2, 0.25) is 15.1 Å². The summed E-state index contributed by atoms with van der Waals surface area (Å²) in [6.45, 7) is 4.25. The Labute approximate surface area is 244 Å². The van der Waals surface area contributed by atoms with E-state index in [0.29, 0.717) is 72.0 Å². The number of hydrogen-bond acceptors (Lipinski definition) is 4. The maximum Gasteiger partial charge on any atom is 0.254 e. The minimum atomic E-state index is -0.0874. The van der Waals surface area contributed by atoms with Crippen molar-refractivity contribution in [1.82, 2.24) is 14.7 Å². The third kappa shape index (κ3) is 7.76. The molecule has 6 nitrogen and oxygen atoms in total. The van der Waals surface area contributed by atoms with Gasteiger partial charge >= 0.3 is 0 Å². The van der Waals surface area contributed by atoms with Gasteiger partial charge in [0, 0.05) is 67.5 Å². The molecule has 9 heteroatoms. The zero-order valence-electron chi connectivity index (χ0n) is 21.7. The van der Waals surface area contributed by atoms with Crippen LogP contribution in [-0.2, 0) is 0 Å². The van der Waals surface area contributed by atoms with E-state index in [-0.39, 0.29) is 11.8 Å². The summed E-state index contributed by atoms with van der Waals surface area (Å²) in [5.41, 5.74) is 2.01. The van der Waals surface area contributed by atoms with E-state index in [1.807, 2.05) is 46.2 Å². The van der Waals surface area contributed by atoms with Crippen LogP contribution in [0.5, 0.6) is 5.75 Å². The molecule has 1 aliphatic heterocycles. The lowest BCUT2D eigenvalue weighted by Gasteiger charge is -2.36. The van der Waals surface area contributed by atoms with E-state index in [1.54, 1.807) is 49.6 Å². The first-order chi connectivity index (χ1) is 18.9. The fourth-order valence-electron chi connectivity index (χ4n) is 4.44. The maximum atomic E-state index is 13.4. The third-order valence-electron chi connectivity index (χ3n) is 6.63. The number of para-hydroxylation sites is 1. The Morgan fingerprint density at radius 2 is 1.67 bits per heavy atom. The SMILES string of the molecule is COc1ccccc1C=CCN(CCN1CCN(C(=O)c2ccc(Cl)c(Cl)c2)CC1)C(=O)c1cccc(Cl)c1. The lowest BCUT2D eigenvalue weighted by Crippen LogP contribution is -2.50. The molecule has 4 rings (SSSR count). The summed E-state index contributed by atoms with van der Waals surface area (Å²) in [7, 11) is 1.64. The average Bonchev–Trinajstić information content (AvgIpc) is 2.96. The summed E-state index contributed by atoms with van der Waals surface area (Å²) in [5, 5.41) is 1.31. The molecule has 204 valence electrons. The number of halogens is 3. The quantitative estimate of drug-likeness (QED) is 0.297. The van der Waals surface area contributed by atoms with Crippen LogP contribution in [0.25, 0.3) is 6.08 Å². The molecular weight excluding hydrogens is 557 g/mol. The summed E-state index contributed by atoms with van der Waals surface area (Å²) < 4.78 is 5.43. The van der Waals surface area contributed by atoms with Crippen LogP contribution in [-0.4, -0.2) is 79.4 Å². The Bertz CT molecular complexity index is 1340. The van der Waals surface area contributed by atoms with Crippen LogP contribution in [0.3, 0.4) is 0 Å². The number of benzene rings is 3. The van der Waals surface area contributed by atoms with Gasteiger partial charge in [-0.25, -0.2) is 0 Å². The van der Waals surface area contributed by atoms with E-state index >= 15 is 0 Å². The number of amides is 2. The van der Waals surface area contributed by atoms with E-state index < -0.39 is 0 Å². The molecule has 1 aliphatic rings. The number of hydrogen-bond donors (Lipinski definition) is 0. The van der Waals surface area contributed by atoms with E-state index in [4.69, 9.17) is 39.5 Å². The van der Waals surface area contributed by atoms with Crippen molar-refractivity contribution < 1.29 is 14.3 Å². The highest BCUT2D eigenvalue weighted by Crippen LogP contribution is 2.24. The van der Waals surface area contributed by atoms with Crippen LogP contribution < -0.4 is 4.74 Å². The van der Waals surface area contributed by atoms with Gasteiger partial charge in [-0.05, 0) is 42.5 Å². The number of carbonyl (C=O) groups excluding carboxylic acids is 2. The van der Waals surface area contributed by atoms with Crippen LogP contribution in [0.1, 0.15) is 26.3 Å². The zero-order valence-corrected chi connectivity index (χ0v) is 23.9. The van der Waals surface area contributed by atoms with Gasteiger partial charge in [-0.1, -0.05) is 71.2 Å². The normalized spacial score (nSPS) is 14.0. The van der Waals surface area contributed by atoms with Crippen molar-refractivity contribution in [3.8, 4) is 5.75 Å². The first kappa shape index (κ1) is 29.0. The highest BCUT2D eigenvalue weighted by Gasteiger charge is 2.24. The molecule has 1 heterocycles. The van der Waals surface area contributed by atoms with Crippen LogP contribution >= 0.6 is 34.8 Å². The van der Waals surface area contributed by atoms with Gasteiger partial charge in [0.15, 0.2) is 0 Å². The molecular formula is C30H30Cl3N3O3. The van der Waals surface area contributed by atoms with E-state index in [2.05, 4.69) is 4.90 Å². The molecule has 0 bridgehead atoms. The predicted molar refractivity (Wildman–Crippen MR) is 158 cm³/mol. The highest BCUT2D eigenvalue weighted by molar-refractivity contribution is 6.42. The van der Waals surface area contributed by atoms with Crippen LogP contribution in [0, 0.1) is 0 Å². The highest BCUT2D eigenvalue weighted by atomic mass is 35.5. The monoisotopic (exact) mass is 585 g/mol. The Morgan fingerprint density at radius 1 is 0.897 bits per heavy atom. The van der Waals surface area contributed by atoms with Crippen LogP contribution in [0.15, 0.2) is 72.8 Å². The lowest BCUT2D eigenvalue weighted by atomic mass is 10.1. The first-order valence-corrected chi connectivity index (χ1v) is 13.8. The summed E-state index contributed by atoms with van der Waals surface area (Å²) >= 11 is 18.2. The standard InChI is InChI=1S/C30H30Cl3N3O3/c1-39-28-10-3-2-6-22(28)8-5-13-35(29(37)23-7-4-9-25(31)20-23)17-14-34-15-18-36(19-16-34)30(38)24-11-12-26(32)27(33)21-24/h2-12,20-21H,13-19H2,1H3. The Kier molecular flexibility index (Phi) is 10.3. The van der Waals surface area contributed by atoms with Crippen molar-refractivity contribution in [2.24, 2.45) is 0 Å². The largest absolute Gasteiger partial charge is 0.496 e. The molecule has 1 fully saturated rings. The second-order valence-corrected chi connectivity index (χ2v) is 10.4. The molecule has 0 radical (unpaired) electrons. The Hall–Kier alpha value is -3.03. The number of methoxy groups -OCH3 is 1. The number of piperazine rings is 1. The molecule has 2 amide bonds. The number of rotatable bonds is 9. The molecule has 0 saturated carbocycles. The summed E-state index contributed by atoms with van der Waals surface area (Å²) in [5.74, 6) is 0.623. The topological polar surface area (TPSA) is 53.1 Å². The van der Waals surface area contributed by atoms with Gasteiger partial charge in [-0.2, -0.15) is 0 Å². The fourth-order valence-corrected chi connectivity index (χ4v) is 4.93. The molecule has 0 atom stereocenters.